The number of aryl methyl sites for hydroxylation is 1. The van der Waals surface area contributed by atoms with Gasteiger partial charge in [0, 0.05) is 16.2 Å². The van der Waals surface area contributed by atoms with Gasteiger partial charge in [-0.05, 0) is 61.4 Å². The van der Waals surface area contributed by atoms with Gasteiger partial charge in [-0.3, -0.25) is 4.79 Å². The first-order valence-corrected chi connectivity index (χ1v) is 8.64. The predicted molar refractivity (Wildman–Crippen MR) is 103 cm³/mol. The largest absolute Gasteiger partial charge is 0.449 e. The zero-order valence-electron chi connectivity index (χ0n) is 14.3. The molecule has 0 saturated heterocycles. The Bertz CT molecular complexity index is 883. The molecule has 1 N–H and O–H groups in total. The first kappa shape index (κ1) is 19.4. The first-order valence-electron chi connectivity index (χ1n) is 7.85. The summed E-state index contributed by atoms with van der Waals surface area (Å²) in [4.78, 5) is 24.0. The van der Waals surface area contributed by atoms with Gasteiger partial charge >= 0.3 is 5.97 Å². The quantitative estimate of drug-likeness (QED) is 0.588. The molecule has 2 aromatic carbocycles. The molecular formula is C20H17BrN2O3. The second kappa shape index (κ2) is 8.97. The molecule has 5 nitrogen and oxygen atoms in total. The standard InChI is InChI=1S/C20H17BrN2O3/c1-13-3-6-16(18(21)11-13)7-10-19(24)26-14(2)20(25)23-17-8-4-15(12-22)5-9-17/h3-11,14H,1-2H3,(H,23,25)/b10-7+/t14-/m0/s1. The Morgan fingerprint density at radius 2 is 1.92 bits per heavy atom. The smallest absolute Gasteiger partial charge is 0.331 e. The van der Waals surface area contributed by atoms with Crippen LogP contribution in [0.1, 0.15) is 23.6 Å². The average Bonchev–Trinajstić information content (AvgIpc) is 2.61. The van der Waals surface area contributed by atoms with Crippen molar-refractivity contribution in [3.05, 3.63) is 69.7 Å². The van der Waals surface area contributed by atoms with Crippen molar-refractivity contribution in [2.45, 2.75) is 20.0 Å². The highest BCUT2D eigenvalue weighted by atomic mass is 79.9. The lowest BCUT2D eigenvalue weighted by molar-refractivity contribution is -0.148. The summed E-state index contributed by atoms with van der Waals surface area (Å²) in [7, 11) is 0. The first-order chi connectivity index (χ1) is 12.4. The predicted octanol–water partition coefficient (Wildman–Crippen LogP) is 4.21. The van der Waals surface area contributed by atoms with E-state index in [0.717, 1.165) is 15.6 Å². The summed E-state index contributed by atoms with van der Waals surface area (Å²) in [5, 5.41) is 11.4. The zero-order chi connectivity index (χ0) is 19.1. The van der Waals surface area contributed by atoms with Crippen LogP contribution >= 0.6 is 15.9 Å². The maximum Gasteiger partial charge on any atom is 0.331 e. The van der Waals surface area contributed by atoms with Crippen molar-refractivity contribution in [3.63, 3.8) is 0 Å². The zero-order valence-corrected chi connectivity index (χ0v) is 15.9. The lowest BCUT2D eigenvalue weighted by Gasteiger charge is -2.12. The Hall–Kier alpha value is -2.91. The molecule has 26 heavy (non-hydrogen) atoms. The topological polar surface area (TPSA) is 79.2 Å². The highest BCUT2D eigenvalue weighted by molar-refractivity contribution is 9.10. The van der Waals surface area contributed by atoms with Gasteiger partial charge in [-0.1, -0.05) is 28.1 Å². The number of halogens is 1. The summed E-state index contributed by atoms with van der Waals surface area (Å²) < 4.78 is 5.98. The Labute approximate surface area is 160 Å². The van der Waals surface area contributed by atoms with E-state index in [9.17, 15) is 9.59 Å². The molecule has 0 radical (unpaired) electrons. The van der Waals surface area contributed by atoms with Gasteiger partial charge in [0.2, 0.25) is 0 Å². The second-order valence-corrected chi connectivity index (χ2v) is 6.47. The molecule has 0 aliphatic carbocycles. The number of amides is 1. The summed E-state index contributed by atoms with van der Waals surface area (Å²) in [5.74, 6) is -1.06. The minimum Gasteiger partial charge on any atom is -0.449 e. The van der Waals surface area contributed by atoms with Gasteiger partial charge in [0.1, 0.15) is 0 Å². The van der Waals surface area contributed by atoms with Crippen molar-refractivity contribution >= 4 is 39.6 Å². The van der Waals surface area contributed by atoms with Crippen LogP contribution in [0.2, 0.25) is 0 Å². The average molecular weight is 413 g/mol. The minimum atomic E-state index is -0.954. The normalized spacial score (nSPS) is 11.6. The van der Waals surface area contributed by atoms with Crippen LogP contribution in [0.3, 0.4) is 0 Å². The van der Waals surface area contributed by atoms with E-state index in [-0.39, 0.29) is 0 Å². The highest BCUT2D eigenvalue weighted by Crippen LogP contribution is 2.19. The molecule has 0 aliphatic rings. The lowest BCUT2D eigenvalue weighted by atomic mass is 10.1. The molecule has 0 saturated carbocycles. The Kier molecular flexibility index (Phi) is 6.70. The minimum absolute atomic E-state index is 0.451. The molecule has 0 fully saturated rings. The van der Waals surface area contributed by atoms with E-state index in [1.165, 1.54) is 13.0 Å². The van der Waals surface area contributed by atoms with Crippen molar-refractivity contribution in [2.24, 2.45) is 0 Å². The summed E-state index contributed by atoms with van der Waals surface area (Å²) in [6, 6.07) is 14.2. The van der Waals surface area contributed by atoms with Gasteiger partial charge in [0.25, 0.3) is 5.91 Å². The number of carbonyl (C=O) groups excluding carboxylic acids is 2. The molecule has 0 spiro atoms. The number of benzene rings is 2. The fourth-order valence-electron chi connectivity index (χ4n) is 2.06. The van der Waals surface area contributed by atoms with Gasteiger partial charge in [0.05, 0.1) is 11.6 Å². The van der Waals surface area contributed by atoms with Crippen LogP contribution in [0.5, 0.6) is 0 Å². The molecule has 1 amide bonds. The SMILES string of the molecule is Cc1ccc(/C=C/C(=O)O[C@@H](C)C(=O)Nc2ccc(C#N)cc2)c(Br)c1. The number of anilines is 1. The Morgan fingerprint density at radius 3 is 2.54 bits per heavy atom. The van der Waals surface area contributed by atoms with Crippen molar-refractivity contribution < 1.29 is 14.3 Å². The van der Waals surface area contributed by atoms with Crippen LogP contribution in [0.25, 0.3) is 6.08 Å². The fourth-order valence-corrected chi connectivity index (χ4v) is 2.69. The van der Waals surface area contributed by atoms with E-state index in [0.29, 0.717) is 11.3 Å². The molecular weight excluding hydrogens is 396 g/mol. The van der Waals surface area contributed by atoms with E-state index in [1.54, 1.807) is 30.3 Å². The highest BCUT2D eigenvalue weighted by Gasteiger charge is 2.16. The fraction of sp³-hybridized carbons (Fsp3) is 0.150. The molecule has 0 aromatic heterocycles. The number of esters is 1. The van der Waals surface area contributed by atoms with Crippen molar-refractivity contribution in [2.75, 3.05) is 5.32 Å². The molecule has 1 atom stereocenters. The van der Waals surface area contributed by atoms with Crippen LogP contribution < -0.4 is 5.32 Å². The van der Waals surface area contributed by atoms with E-state index in [1.807, 2.05) is 31.2 Å². The third-order valence-corrected chi connectivity index (χ3v) is 4.19. The maximum atomic E-state index is 12.1. The molecule has 2 rings (SSSR count). The van der Waals surface area contributed by atoms with Crippen LogP contribution in [-0.4, -0.2) is 18.0 Å². The number of hydrogen-bond acceptors (Lipinski definition) is 4. The monoisotopic (exact) mass is 412 g/mol. The summed E-state index contributed by atoms with van der Waals surface area (Å²) in [5.41, 5.74) is 2.96. The van der Waals surface area contributed by atoms with E-state index in [2.05, 4.69) is 21.2 Å². The summed E-state index contributed by atoms with van der Waals surface area (Å²) >= 11 is 3.43. The second-order valence-electron chi connectivity index (χ2n) is 5.62. The molecule has 2 aromatic rings. The third-order valence-electron chi connectivity index (χ3n) is 3.50. The lowest BCUT2D eigenvalue weighted by Crippen LogP contribution is -2.29. The number of ether oxygens (including phenoxy) is 1. The van der Waals surface area contributed by atoms with Crippen molar-refractivity contribution in [1.29, 1.82) is 5.26 Å². The maximum absolute atomic E-state index is 12.1. The van der Waals surface area contributed by atoms with E-state index >= 15 is 0 Å². The third kappa shape index (κ3) is 5.57. The van der Waals surface area contributed by atoms with Crippen LogP contribution in [0.15, 0.2) is 53.0 Å². The van der Waals surface area contributed by atoms with Gasteiger partial charge < -0.3 is 10.1 Å². The number of hydrogen-bond donors (Lipinski definition) is 1. The van der Waals surface area contributed by atoms with E-state index < -0.39 is 18.0 Å². The molecule has 132 valence electrons. The number of nitrogens with zero attached hydrogens (tertiary/aromatic N) is 1. The van der Waals surface area contributed by atoms with Gasteiger partial charge in [-0.2, -0.15) is 5.26 Å². The number of nitriles is 1. The summed E-state index contributed by atoms with van der Waals surface area (Å²) in [6.07, 6.45) is 1.95. The van der Waals surface area contributed by atoms with Crippen LogP contribution in [0.4, 0.5) is 5.69 Å². The Balaban J connectivity index is 1.91. The number of nitrogens with one attached hydrogen (secondary N) is 1. The molecule has 6 heteroatoms. The van der Waals surface area contributed by atoms with Crippen molar-refractivity contribution in [3.8, 4) is 6.07 Å². The van der Waals surface area contributed by atoms with Crippen LogP contribution in [0, 0.1) is 18.3 Å². The van der Waals surface area contributed by atoms with E-state index in [4.69, 9.17) is 10.00 Å². The van der Waals surface area contributed by atoms with Gasteiger partial charge in [0.15, 0.2) is 6.10 Å². The molecule has 0 bridgehead atoms. The molecule has 0 heterocycles. The van der Waals surface area contributed by atoms with Crippen LogP contribution in [-0.2, 0) is 14.3 Å². The van der Waals surface area contributed by atoms with Gasteiger partial charge in [-0.15, -0.1) is 0 Å². The number of carbonyl (C=O) groups is 2. The van der Waals surface area contributed by atoms with Gasteiger partial charge in [-0.25, -0.2) is 4.79 Å². The summed E-state index contributed by atoms with van der Waals surface area (Å²) in [6.45, 7) is 3.47. The number of rotatable bonds is 5. The molecule has 0 aliphatic heterocycles. The Morgan fingerprint density at radius 1 is 1.23 bits per heavy atom. The molecule has 0 unspecified atom stereocenters. The van der Waals surface area contributed by atoms with Crippen molar-refractivity contribution in [1.82, 2.24) is 0 Å².